The number of benzene rings is 1. The monoisotopic (exact) mass is 355 g/mol. The Labute approximate surface area is 159 Å². The lowest BCUT2D eigenvalue weighted by molar-refractivity contribution is -0.879. The van der Waals surface area contributed by atoms with Gasteiger partial charge < -0.3 is 10.5 Å². The average Bonchev–Trinajstić information content (AvgIpc) is 2.90. The van der Waals surface area contributed by atoms with Crippen LogP contribution in [0.4, 0.5) is 0 Å². The van der Waals surface area contributed by atoms with E-state index >= 15 is 0 Å². The SMILES string of the molecule is CCC[N+]1(C2CCc3c(cccc3OC)C2)C(C)=CC(CCCN)=C1C. The number of hydrogen-bond donors (Lipinski definition) is 1. The van der Waals surface area contributed by atoms with Crippen LogP contribution < -0.4 is 10.5 Å². The average molecular weight is 356 g/mol. The zero-order valence-electron chi connectivity index (χ0n) is 17.0. The van der Waals surface area contributed by atoms with Crippen LogP contribution in [-0.4, -0.2) is 30.7 Å². The topological polar surface area (TPSA) is 35.2 Å². The molecule has 1 aliphatic heterocycles. The summed E-state index contributed by atoms with van der Waals surface area (Å²) < 4.78 is 6.69. The number of methoxy groups -OCH3 is 1. The van der Waals surface area contributed by atoms with Crippen molar-refractivity contribution < 1.29 is 9.22 Å². The van der Waals surface area contributed by atoms with E-state index in [0.29, 0.717) is 6.04 Å². The van der Waals surface area contributed by atoms with E-state index in [1.54, 1.807) is 12.8 Å². The summed E-state index contributed by atoms with van der Waals surface area (Å²) in [5.74, 6) is 1.06. The van der Waals surface area contributed by atoms with E-state index < -0.39 is 0 Å². The molecule has 3 nitrogen and oxygen atoms in total. The van der Waals surface area contributed by atoms with E-state index in [2.05, 4.69) is 45.0 Å². The Morgan fingerprint density at radius 3 is 2.77 bits per heavy atom. The lowest BCUT2D eigenvalue weighted by atomic mass is 9.85. The van der Waals surface area contributed by atoms with Gasteiger partial charge in [-0.15, -0.1) is 0 Å². The third-order valence-electron chi connectivity index (χ3n) is 6.56. The number of nitrogens with zero attached hydrogens (tertiary/aromatic N) is 1. The molecule has 0 saturated heterocycles. The van der Waals surface area contributed by atoms with Crippen molar-refractivity contribution in [3.63, 3.8) is 0 Å². The fourth-order valence-corrected chi connectivity index (χ4v) is 5.30. The first-order chi connectivity index (χ1) is 12.6. The second kappa shape index (κ2) is 7.98. The summed E-state index contributed by atoms with van der Waals surface area (Å²) >= 11 is 0. The molecule has 2 unspecified atom stereocenters. The largest absolute Gasteiger partial charge is 0.496 e. The summed E-state index contributed by atoms with van der Waals surface area (Å²) in [5, 5.41) is 0. The molecular formula is C23H35N2O+. The quantitative estimate of drug-likeness (QED) is 0.719. The smallest absolute Gasteiger partial charge is 0.122 e. The third kappa shape index (κ3) is 3.12. The molecule has 2 atom stereocenters. The highest BCUT2D eigenvalue weighted by Crippen LogP contribution is 2.44. The first-order valence-corrected chi connectivity index (χ1v) is 10.2. The normalized spacial score (nSPS) is 25.3. The van der Waals surface area contributed by atoms with Gasteiger partial charge in [0.15, 0.2) is 0 Å². The Hall–Kier alpha value is -1.58. The Balaban J connectivity index is 1.96. The first kappa shape index (κ1) is 19.2. The van der Waals surface area contributed by atoms with Gasteiger partial charge in [-0.1, -0.05) is 19.1 Å². The van der Waals surface area contributed by atoms with Gasteiger partial charge in [-0.25, -0.2) is 0 Å². The molecule has 0 spiro atoms. The standard InChI is InChI=1S/C23H35N2O/c1-5-14-25(17(2)15-19(18(25)3)9-7-13-24)21-11-12-22-20(16-21)8-6-10-23(22)26-4/h6,8,10,15,21H,5,7,9,11-14,16,24H2,1-4H3/q+1. The fourth-order valence-electron chi connectivity index (χ4n) is 5.30. The third-order valence-corrected chi connectivity index (χ3v) is 6.56. The molecule has 3 heteroatoms. The number of ether oxygens (including phenoxy) is 1. The summed E-state index contributed by atoms with van der Waals surface area (Å²) in [7, 11) is 1.79. The molecule has 1 aromatic rings. The fraction of sp³-hybridized carbons (Fsp3) is 0.565. The minimum atomic E-state index is 0.626. The van der Waals surface area contributed by atoms with Crippen LogP contribution in [0.5, 0.6) is 5.75 Å². The number of quaternary nitrogens is 1. The predicted molar refractivity (Wildman–Crippen MR) is 109 cm³/mol. The van der Waals surface area contributed by atoms with Crippen LogP contribution in [0.2, 0.25) is 0 Å². The molecule has 0 fully saturated rings. The highest BCUT2D eigenvalue weighted by molar-refractivity contribution is 5.42. The predicted octanol–water partition coefficient (Wildman–Crippen LogP) is 4.71. The lowest BCUT2D eigenvalue weighted by Crippen LogP contribution is -2.54. The molecule has 0 bridgehead atoms. The van der Waals surface area contributed by atoms with Gasteiger partial charge in [-0.3, -0.25) is 4.48 Å². The van der Waals surface area contributed by atoms with Gasteiger partial charge >= 0.3 is 0 Å². The Kier molecular flexibility index (Phi) is 5.89. The Morgan fingerprint density at radius 2 is 2.08 bits per heavy atom. The first-order valence-electron chi connectivity index (χ1n) is 10.2. The molecule has 1 aromatic carbocycles. The maximum absolute atomic E-state index is 5.78. The molecule has 3 rings (SSSR count). The van der Waals surface area contributed by atoms with E-state index in [-0.39, 0.29) is 0 Å². The van der Waals surface area contributed by atoms with Crippen LogP contribution in [0.25, 0.3) is 0 Å². The number of hydrogen-bond acceptors (Lipinski definition) is 2. The number of nitrogens with two attached hydrogens (primary N) is 1. The van der Waals surface area contributed by atoms with Crippen LogP contribution in [0.3, 0.4) is 0 Å². The molecule has 0 aromatic heterocycles. The molecule has 1 aliphatic carbocycles. The van der Waals surface area contributed by atoms with Crippen LogP contribution in [-0.2, 0) is 12.8 Å². The van der Waals surface area contributed by atoms with E-state index in [9.17, 15) is 0 Å². The van der Waals surface area contributed by atoms with Crippen LogP contribution in [0.15, 0.2) is 41.2 Å². The van der Waals surface area contributed by atoms with Crippen molar-refractivity contribution in [2.75, 3.05) is 20.2 Å². The minimum absolute atomic E-state index is 0.626. The van der Waals surface area contributed by atoms with Gasteiger partial charge in [-0.05, 0) is 49.4 Å². The molecule has 0 radical (unpaired) electrons. The molecule has 142 valence electrons. The molecule has 0 saturated carbocycles. The molecule has 0 amide bonds. The van der Waals surface area contributed by atoms with Crippen molar-refractivity contribution >= 4 is 0 Å². The molecule has 1 heterocycles. The highest BCUT2D eigenvalue weighted by Gasteiger charge is 2.46. The second-order valence-corrected chi connectivity index (χ2v) is 7.88. The molecular weight excluding hydrogens is 320 g/mol. The van der Waals surface area contributed by atoms with Crippen molar-refractivity contribution in [1.82, 2.24) is 0 Å². The van der Waals surface area contributed by atoms with Gasteiger partial charge in [0.1, 0.15) is 23.2 Å². The summed E-state index contributed by atoms with van der Waals surface area (Å²) in [4.78, 5) is 0. The zero-order valence-corrected chi connectivity index (χ0v) is 17.0. The van der Waals surface area contributed by atoms with Gasteiger partial charge in [0.2, 0.25) is 0 Å². The molecule has 2 N–H and O–H groups in total. The highest BCUT2D eigenvalue weighted by atomic mass is 16.5. The van der Waals surface area contributed by atoms with E-state index in [1.807, 2.05) is 0 Å². The van der Waals surface area contributed by atoms with Crippen LogP contribution >= 0.6 is 0 Å². The van der Waals surface area contributed by atoms with E-state index in [1.165, 1.54) is 41.8 Å². The summed E-state index contributed by atoms with van der Waals surface area (Å²) in [6, 6.07) is 7.18. The van der Waals surface area contributed by atoms with Gasteiger partial charge in [-0.2, -0.15) is 0 Å². The maximum Gasteiger partial charge on any atom is 0.122 e. The van der Waals surface area contributed by atoms with Crippen LogP contribution in [0, 0.1) is 0 Å². The molecule has 2 aliphatic rings. The number of rotatable bonds is 7. The minimum Gasteiger partial charge on any atom is -0.496 e. The van der Waals surface area contributed by atoms with Crippen molar-refractivity contribution in [3.05, 3.63) is 52.4 Å². The summed E-state index contributed by atoms with van der Waals surface area (Å²) in [6.07, 6.45) is 9.33. The van der Waals surface area contributed by atoms with Gasteiger partial charge in [0, 0.05) is 38.3 Å². The van der Waals surface area contributed by atoms with Gasteiger partial charge in [0.05, 0.1) is 13.7 Å². The number of allylic oxidation sites excluding steroid dienone is 4. The second-order valence-electron chi connectivity index (χ2n) is 7.88. The van der Waals surface area contributed by atoms with Crippen molar-refractivity contribution in [2.24, 2.45) is 5.73 Å². The van der Waals surface area contributed by atoms with Gasteiger partial charge in [0.25, 0.3) is 0 Å². The summed E-state index contributed by atoms with van der Waals surface area (Å²) in [5.41, 5.74) is 13.3. The lowest BCUT2D eigenvalue weighted by Gasteiger charge is -2.45. The van der Waals surface area contributed by atoms with E-state index in [0.717, 1.165) is 42.5 Å². The Bertz CT molecular complexity index is 719. The summed E-state index contributed by atoms with van der Waals surface area (Å²) in [6.45, 7) is 9.00. The Morgan fingerprint density at radius 1 is 1.27 bits per heavy atom. The maximum atomic E-state index is 5.78. The molecule has 26 heavy (non-hydrogen) atoms. The number of fused-ring (bicyclic) bond motifs is 1. The van der Waals surface area contributed by atoms with Crippen molar-refractivity contribution in [2.45, 2.75) is 65.3 Å². The van der Waals surface area contributed by atoms with E-state index in [4.69, 9.17) is 10.5 Å². The van der Waals surface area contributed by atoms with Crippen molar-refractivity contribution in [1.29, 1.82) is 0 Å². The van der Waals surface area contributed by atoms with Crippen LogP contribution in [0.1, 0.15) is 57.6 Å². The zero-order chi connectivity index (χ0) is 18.7. The van der Waals surface area contributed by atoms with Crippen molar-refractivity contribution in [3.8, 4) is 5.75 Å².